The minimum atomic E-state index is 0.166. The van der Waals surface area contributed by atoms with E-state index in [0.29, 0.717) is 0 Å². The summed E-state index contributed by atoms with van der Waals surface area (Å²) in [5.41, 5.74) is 7.51. The van der Waals surface area contributed by atoms with Gasteiger partial charge in [-0.2, -0.15) is 0 Å². The van der Waals surface area contributed by atoms with Crippen LogP contribution >= 0.6 is 0 Å². The second-order valence-electron chi connectivity index (χ2n) is 10.4. The maximum Gasteiger partial charge on any atom is 0.133 e. The molecule has 0 aliphatic carbocycles. The zero-order valence-electron chi connectivity index (χ0n) is 20.6. The SMILES string of the molecule is COc1c(C=Cc2ccc(C(C)(C)C)cc2)cccc1C=Cc1ccc(C(C)(C)C)cc1. The summed E-state index contributed by atoms with van der Waals surface area (Å²) in [5.74, 6) is 0.887. The van der Waals surface area contributed by atoms with E-state index in [2.05, 4.69) is 133 Å². The molecule has 0 saturated carbocycles. The van der Waals surface area contributed by atoms with Gasteiger partial charge in [0.2, 0.25) is 0 Å². The first-order valence-corrected chi connectivity index (χ1v) is 11.3. The lowest BCUT2D eigenvalue weighted by Gasteiger charge is -2.18. The Morgan fingerprint density at radius 1 is 0.531 bits per heavy atom. The van der Waals surface area contributed by atoms with Crippen LogP contribution in [0.5, 0.6) is 5.75 Å². The molecule has 0 atom stereocenters. The zero-order chi connectivity index (χ0) is 23.4. The van der Waals surface area contributed by atoms with Crippen molar-refractivity contribution in [2.24, 2.45) is 0 Å². The summed E-state index contributed by atoms with van der Waals surface area (Å²) in [6, 6.07) is 23.8. The summed E-state index contributed by atoms with van der Waals surface area (Å²) in [6.07, 6.45) is 8.53. The van der Waals surface area contributed by atoms with Crippen molar-refractivity contribution >= 4 is 24.3 Å². The molecule has 0 saturated heterocycles. The maximum atomic E-state index is 5.78. The minimum Gasteiger partial charge on any atom is -0.496 e. The molecule has 0 spiro atoms. The van der Waals surface area contributed by atoms with E-state index < -0.39 is 0 Å². The molecule has 1 nitrogen and oxygen atoms in total. The van der Waals surface area contributed by atoms with Crippen molar-refractivity contribution in [1.29, 1.82) is 0 Å². The lowest BCUT2D eigenvalue weighted by Crippen LogP contribution is -2.10. The average Bonchev–Trinajstić information content (AvgIpc) is 2.75. The van der Waals surface area contributed by atoms with Gasteiger partial charge in [0, 0.05) is 11.1 Å². The zero-order valence-corrected chi connectivity index (χ0v) is 20.6. The summed E-state index contributed by atoms with van der Waals surface area (Å²) in [7, 11) is 1.74. The Bertz CT molecular complexity index is 997. The van der Waals surface area contributed by atoms with Crippen LogP contribution in [0.3, 0.4) is 0 Å². The van der Waals surface area contributed by atoms with Crippen LogP contribution in [0, 0.1) is 0 Å². The topological polar surface area (TPSA) is 9.23 Å². The normalized spacial score (nSPS) is 12.6. The van der Waals surface area contributed by atoms with Crippen molar-refractivity contribution in [2.75, 3.05) is 7.11 Å². The minimum absolute atomic E-state index is 0.166. The van der Waals surface area contributed by atoms with E-state index in [1.54, 1.807) is 7.11 Å². The lowest BCUT2D eigenvalue weighted by atomic mass is 9.86. The highest BCUT2D eigenvalue weighted by atomic mass is 16.5. The van der Waals surface area contributed by atoms with Crippen molar-refractivity contribution < 1.29 is 4.74 Å². The van der Waals surface area contributed by atoms with Crippen molar-refractivity contribution in [3.63, 3.8) is 0 Å². The van der Waals surface area contributed by atoms with E-state index in [4.69, 9.17) is 4.74 Å². The van der Waals surface area contributed by atoms with Gasteiger partial charge in [0.15, 0.2) is 0 Å². The summed E-state index contributed by atoms with van der Waals surface area (Å²) in [6.45, 7) is 13.4. The van der Waals surface area contributed by atoms with Crippen LogP contribution < -0.4 is 4.74 Å². The Balaban J connectivity index is 1.81. The van der Waals surface area contributed by atoms with E-state index in [9.17, 15) is 0 Å². The van der Waals surface area contributed by atoms with Gasteiger partial charge in [-0.25, -0.2) is 0 Å². The number of rotatable bonds is 5. The summed E-state index contributed by atoms with van der Waals surface area (Å²) >= 11 is 0. The van der Waals surface area contributed by atoms with E-state index in [0.717, 1.165) is 16.9 Å². The van der Waals surface area contributed by atoms with Crippen LogP contribution in [0.1, 0.15) is 74.9 Å². The predicted octanol–water partition coefficient (Wildman–Crippen LogP) is 8.63. The molecule has 3 rings (SSSR count). The molecule has 0 aliphatic heterocycles. The van der Waals surface area contributed by atoms with Gasteiger partial charge in [0.1, 0.15) is 5.75 Å². The molecule has 32 heavy (non-hydrogen) atoms. The van der Waals surface area contributed by atoms with E-state index >= 15 is 0 Å². The van der Waals surface area contributed by atoms with Gasteiger partial charge < -0.3 is 4.74 Å². The molecular weight excluding hydrogens is 388 g/mol. The molecule has 0 aromatic heterocycles. The third-order valence-corrected chi connectivity index (χ3v) is 5.74. The fourth-order valence-corrected chi connectivity index (χ4v) is 3.63. The number of methoxy groups -OCH3 is 1. The van der Waals surface area contributed by atoms with E-state index in [1.165, 1.54) is 22.3 Å². The van der Waals surface area contributed by atoms with E-state index in [1.807, 2.05) is 0 Å². The molecule has 0 heterocycles. The number of benzene rings is 3. The Morgan fingerprint density at radius 2 is 0.906 bits per heavy atom. The van der Waals surface area contributed by atoms with Crippen LogP contribution in [-0.4, -0.2) is 7.11 Å². The quantitative estimate of drug-likeness (QED) is 0.372. The van der Waals surface area contributed by atoms with Crippen molar-refractivity contribution in [2.45, 2.75) is 52.4 Å². The fourth-order valence-electron chi connectivity index (χ4n) is 3.63. The van der Waals surface area contributed by atoms with Gasteiger partial charge in [-0.05, 0) is 33.1 Å². The highest BCUT2D eigenvalue weighted by Crippen LogP contribution is 2.29. The molecule has 1 heteroatoms. The number of para-hydroxylation sites is 1. The first-order chi connectivity index (χ1) is 15.1. The number of hydrogen-bond donors (Lipinski definition) is 0. The summed E-state index contributed by atoms with van der Waals surface area (Å²) in [4.78, 5) is 0. The molecule has 3 aromatic rings. The summed E-state index contributed by atoms with van der Waals surface area (Å²) in [5, 5.41) is 0. The van der Waals surface area contributed by atoms with Gasteiger partial charge in [0.25, 0.3) is 0 Å². The average molecular weight is 425 g/mol. The van der Waals surface area contributed by atoms with Gasteiger partial charge in [-0.1, -0.05) is 133 Å². The second-order valence-corrected chi connectivity index (χ2v) is 10.4. The third kappa shape index (κ3) is 6.01. The molecule has 0 fully saturated rings. The highest BCUT2D eigenvalue weighted by molar-refractivity contribution is 5.79. The summed E-state index contributed by atoms with van der Waals surface area (Å²) < 4.78 is 5.78. The molecule has 0 unspecified atom stereocenters. The highest BCUT2D eigenvalue weighted by Gasteiger charge is 2.13. The third-order valence-electron chi connectivity index (χ3n) is 5.74. The number of ether oxygens (including phenoxy) is 1. The molecule has 3 aromatic carbocycles. The van der Waals surface area contributed by atoms with Gasteiger partial charge in [-0.15, -0.1) is 0 Å². The van der Waals surface area contributed by atoms with Crippen LogP contribution in [0.4, 0.5) is 0 Å². The monoisotopic (exact) mass is 424 g/mol. The Labute approximate surface area is 194 Å². The molecule has 0 N–H and O–H groups in total. The molecule has 0 aliphatic rings. The van der Waals surface area contributed by atoms with Crippen LogP contribution in [0.2, 0.25) is 0 Å². The molecule has 0 radical (unpaired) electrons. The van der Waals surface area contributed by atoms with Crippen LogP contribution in [0.15, 0.2) is 66.7 Å². The largest absolute Gasteiger partial charge is 0.496 e. The van der Waals surface area contributed by atoms with Gasteiger partial charge in [-0.3, -0.25) is 0 Å². The number of hydrogen-bond acceptors (Lipinski definition) is 1. The second kappa shape index (κ2) is 9.61. The maximum absolute atomic E-state index is 5.78. The van der Waals surface area contributed by atoms with Gasteiger partial charge >= 0.3 is 0 Å². The van der Waals surface area contributed by atoms with Crippen molar-refractivity contribution in [1.82, 2.24) is 0 Å². The molecule has 0 amide bonds. The first-order valence-electron chi connectivity index (χ1n) is 11.3. The standard InChI is InChI=1S/C31H36O/c1-30(2,3)27-19-13-23(14-20-27)11-17-25-9-8-10-26(29(25)32-7)18-12-24-15-21-28(22-16-24)31(4,5)6/h8-22H,1-7H3. The van der Waals surface area contributed by atoms with Crippen molar-refractivity contribution in [3.8, 4) is 5.75 Å². The molecular formula is C31H36O. The lowest BCUT2D eigenvalue weighted by molar-refractivity contribution is 0.413. The van der Waals surface area contributed by atoms with Crippen molar-refractivity contribution in [3.05, 3.63) is 100 Å². The molecule has 166 valence electrons. The fraction of sp³-hybridized carbons (Fsp3) is 0.290. The van der Waals surface area contributed by atoms with Crippen LogP contribution in [0.25, 0.3) is 24.3 Å². The predicted molar refractivity (Wildman–Crippen MR) is 141 cm³/mol. The van der Waals surface area contributed by atoms with Gasteiger partial charge in [0.05, 0.1) is 7.11 Å². The molecule has 0 bridgehead atoms. The smallest absolute Gasteiger partial charge is 0.133 e. The Hall–Kier alpha value is -3.06. The first kappa shape index (κ1) is 23.6. The van der Waals surface area contributed by atoms with Crippen LogP contribution in [-0.2, 0) is 10.8 Å². The Morgan fingerprint density at radius 3 is 1.22 bits per heavy atom. The Kier molecular flexibility index (Phi) is 7.09. The van der Waals surface area contributed by atoms with E-state index in [-0.39, 0.29) is 10.8 Å².